The average molecular weight is 232 g/mol. The minimum atomic E-state index is -0.271. The van der Waals surface area contributed by atoms with Crippen molar-refractivity contribution in [1.82, 2.24) is 0 Å². The highest BCUT2D eigenvalue weighted by Crippen LogP contribution is 2.54. The van der Waals surface area contributed by atoms with Gasteiger partial charge in [0, 0.05) is 19.2 Å². The largest absolute Gasteiger partial charge is 0.365 e. The van der Waals surface area contributed by atoms with Crippen molar-refractivity contribution in [3.63, 3.8) is 0 Å². The smallest absolute Gasteiger partial charge is 0.292 e. The molecule has 1 aromatic carbocycles. The fourth-order valence-corrected chi connectivity index (χ4v) is 2.77. The summed E-state index contributed by atoms with van der Waals surface area (Å²) in [6.07, 6.45) is 3.78. The fourth-order valence-electron chi connectivity index (χ4n) is 2.77. The highest BCUT2D eigenvalue weighted by Gasteiger charge is 2.48. The van der Waals surface area contributed by atoms with Crippen LogP contribution in [0.1, 0.15) is 24.8 Å². The van der Waals surface area contributed by atoms with E-state index in [1.807, 2.05) is 19.1 Å². The van der Waals surface area contributed by atoms with Crippen LogP contribution < -0.4 is 4.90 Å². The molecule has 2 fully saturated rings. The standard InChI is InChI=1S/C13H16N2O2/c1-10-2-3-11(15(16)17)12(8-10)14-7-6-13(9-14)4-5-13/h2-3,8H,4-7,9H2,1H3. The summed E-state index contributed by atoms with van der Waals surface area (Å²) in [7, 11) is 0. The van der Waals surface area contributed by atoms with Gasteiger partial charge in [0.1, 0.15) is 5.69 Å². The Morgan fingerprint density at radius 3 is 2.71 bits per heavy atom. The molecule has 0 N–H and O–H groups in total. The van der Waals surface area contributed by atoms with E-state index in [-0.39, 0.29) is 10.6 Å². The molecule has 1 saturated heterocycles. The van der Waals surface area contributed by atoms with E-state index in [1.165, 1.54) is 19.3 Å². The van der Waals surface area contributed by atoms with Gasteiger partial charge in [-0.1, -0.05) is 6.07 Å². The van der Waals surface area contributed by atoms with Gasteiger partial charge in [-0.15, -0.1) is 0 Å². The molecule has 0 radical (unpaired) electrons. The molecule has 1 aromatic rings. The number of hydrogen-bond donors (Lipinski definition) is 0. The van der Waals surface area contributed by atoms with Crippen molar-refractivity contribution in [2.75, 3.05) is 18.0 Å². The van der Waals surface area contributed by atoms with E-state index in [0.717, 1.165) is 24.3 Å². The van der Waals surface area contributed by atoms with E-state index in [1.54, 1.807) is 6.07 Å². The molecule has 4 nitrogen and oxygen atoms in total. The van der Waals surface area contributed by atoms with Gasteiger partial charge in [-0.25, -0.2) is 0 Å². The molecule has 1 saturated carbocycles. The van der Waals surface area contributed by atoms with Gasteiger partial charge in [0.2, 0.25) is 0 Å². The molecule has 1 spiro atoms. The Bertz CT molecular complexity index is 480. The van der Waals surface area contributed by atoms with E-state index >= 15 is 0 Å². The van der Waals surface area contributed by atoms with Crippen LogP contribution in [0.3, 0.4) is 0 Å². The number of anilines is 1. The lowest BCUT2D eigenvalue weighted by Gasteiger charge is -2.18. The van der Waals surface area contributed by atoms with Crippen LogP contribution in [0.4, 0.5) is 11.4 Å². The van der Waals surface area contributed by atoms with Gasteiger partial charge in [0.15, 0.2) is 0 Å². The summed E-state index contributed by atoms with van der Waals surface area (Å²) in [6, 6.07) is 5.38. The van der Waals surface area contributed by atoms with E-state index in [2.05, 4.69) is 4.90 Å². The van der Waals surface area contributed by atoms with Crippen LogP contribution in [0.25, 0.3) is 0 Å². The quantitative estimate of drug-likeness (QED) is 0.581. The van der Waals surface area contributed by atoms with E-state index in [4.69, 9.17) is 0 Å². The van der Waals surface area contributed by atoms with Crippen LogP contribution in [0.5, 0.6) is 0 Å². The van der Waals surface area contributed by atoms with Crippen LogP contribution in [0, 0.1) is 22.5 Å². The van der Waals surface area contributed by atoms with Gasteiger partial charge < -0.3 is 4.90 Å². The van der Waals surface area contributed by atoms with Crippen molar-refractivity contribution < 1.29 is 4.92 Å². The Hall–Kier alpha value is -1.58. The molecule has 0 bridgehead atoms. The van der Waals surface area contributed by atoms with Gasteiger partial charge in [-0.2, -0.15) is 0 Å². The maximum Gasteiger partial charge on any atom is 0.292 e. The van der Waals surface area contributed by atoms with Crippen molar-refractivity contribution in [3.8, 4) is 0 Å². The van der Waals surface area contributed by atoms with E-state index < -0.39 is 0 Å². The molecule has 0 unspecified atom stereocenters. The minimum Gasteiger partial charge on any atom is -0.365 e. The van der Waals surface area contributed by atoms with Crippen LogP contribution in [-0.4, -0.2) is 18.0 Å². The number of nitro groups is 1. The zero-order chi connectivity index (χ0) is 12.0. The van der Waals surface area contributed by atoms with Gasteiger partial charge in [-0.3, -0.25) is 10.1 Å². The van der Waals surface area contributed by atoms with E-state index in [9.17, 15) is 10.1 Å². The van der Waals surface area contributed by atoms with Crippen LogP contribution >= 0.6 is 0 Å². The predicted octanol–water partition coefficient (Wildman–Crippen LogP) is 2.89. The van der Waals surface area contributed by atoms with Crippen LogP contribution in [0.2, 0.25) is 0 Å². The molecule has 0 amide bonds. The maximum absolute atomic E-state index is 11.0. The molecular weight excluding hydrogens is 216 g/mol. The number of rotatable bonds is 2. The molecule has 17 heavy (non-hydrogen) atoms. The fraction of sp³-hybridized carbons (Fsp3) is 0.538. The van der Waals surface area contributed by atoms with Gasteiger partial charge >= 0.3 is 0 Å². The van der Waals surface area contributed by atoms with Crippen molar-refractivity contribution in [2.24, 2.45) is 5.41 Å². The SMILES string of the molecule is Cc1ccc([N+](=O)[O-])c(N2CCC3(CC3)C2)c1. The zero-order valence-corrected chi connectivity index (χ0v) is 9.98. The Labute approximate surface area is 100 Å². The highest BCUT2D eigenvalue weighted by molar-refractivity contribution is 5.65. The molecule has 1 aliphatic heterocycles. The summed E-state index contributed by atoms with van der Waals surface area (Å²) >= 11 is 0. The normalized spacial score (nSPS) is 20.9. The summed E-state index contributed by atoms with van der Waals surface area (Å²) < 4.78 is 0. The highest BCUT2D eigenvalue weighted by atomic mass is 16.6. The summed E-state index contributed by atoms with van der Waals surface area (Å²) in [4.78, 5) is 13.0. The Kier molecular flexibility index (Phi) is 2.15. The van der Waals surface area contributed by atoms with Gasteiger partial charge in [0.05, 0.1) is 4.92 Å². The topological polar surface area (TPSA) is 46.4 Å². The minimum absolute atomic E-state index is 0.244. The molecule has 2 aliphatic rings. The van der Waals surface area contributed by atoms with Crippen molar-refractivity contribution >= 4 is 11.4 Å². The molecule has 4 heteroatoms. The third-order valence-electron chi connectivity index (χ3n) is 4.06. The monoisotopic (exact) mass is 232 g/mol. The molecule has 0 aromatic heterocycles. The number of benzene rings is 1. The lowest BCUT2D eigenvalue weighted by Crippen LogP contribution is -2.21. The first kappa shape index (κ1) is 10.6. The maximum atomic E-state index is 11.0. The molecule has 1 aliphatic carbocycles. The Balaban J connectivity index is 1.95. The van der Waals surface area contributed by atoms with Crippen molar-refractivity contribution in [1.29, 1.82) is 0 Å². The zero-order valence-electron chi connectivity index (χ0n) is 9.98. The average Bonchev–Trinajstić information content (AvgIpc) is 2.88. The molecule has 0 atom stereocenters. The van der Waals surface area contributed by atoms with Gasteiger partial charge in [0.25, 0.3) is 5.69 Å². The van der Waals surface area contributed by atoms with Crippen molar-refractivity contribution in [2.45, 2.75) is 26.2 Å². The number of hydrogen-bond acceptors (Lipinski definition) is 3. The molecule has 3 rings (SSSR count). The third kappa shape index (κ3) is 1.77. The third-order valence-corrected chi connectivity index (χ3v) is 4.06. The van der Waals surface area contributed by atoms with Crippen LogP contribution in [0.15, 0.2) is 18.2 Å². The lowest BCUT2D eigenvalue weighted by atomic mass is 10.1. The summed E-state index contributed by atoms with van der Waals surface area (Å²) in [5.41, 5.74) is 2.63. The number of nitrogens with zero attached hydrogens (tertiary/aromatic N) is 2. The number of aryl methyl sites for hydroxylation is 1. The first-order valence-corrected chi connectivity index (χ1v) is 6.10. The summed E-state index contributed by atoms with van der Waals surface area (Å²) in [5, 5.41) is 11.0. The molecule has 90 valence electrons. The first-order chi connectivity index (χ1) is 8.10. The van der Waals surface area contributed by atoms with Gasteiger partial charge in [-0.05, 0) is 43.2 Å². The summed E-state index contributed by atoms with van der Waals surface area (Å²) in [6.45, 7) is 3.94. The van der Waals surface area contributed by atoms with Crippen LogP contribution in [-0.2, 0) is 0 Å². The number of nitro benzene ring substituents is 1. The van der Waals surface area contributed by atoms with Crippen molar-refractivity contribution in [3.05, 3.63) is 33.9 Å². The first-order valence-electron chi connectivity index (χ1n) is 6.10. The second-order valence-corrected chi connectivity index (χ2v) is 5.42. The molecule has 1 heterocycles. The summed E-state index contributed by atoms with van der Waals surface area (Å²) in [5.74, 6) is 0. The lowest BCUT2D eigenvalue weighted by molar-refractivity contribution is -0.384. The Morgan fingerprint density at radius 2 is 2.12 bits per heavy atom. The van der Waals surface area contributed by atoms with E-state index in [0.29, 0.717) is 5.41 Å². The predicted molar refractivity (Wildman–Crippen MR) is 66.3 cm³/mol. The molecular formula is C13H16N2O2. The second kappa shape index (κ2) is 3.45. The Morgan fingerprint density at radius 1 is 1.35 bits per heavy atom. The second-order valence-electron chi connectivity index (χ2n) is 5.42.